The minimum Gasteiger partial charge on any atom is -0.332 e. The molecule has 0 spiro atoms. The van der Waals surface area contributed by atoms with Gasteiger partial charge in [-0.2, -0.15) is 0 Å². The Bertz CT molecular complexity index is 619. The third kappa shape index (κ3) is 3.35. The molecule has 0 radical (unpaired) electrons. The fraction of sp³-hybridized carbons (Fsp3) is 0.588. The first-order valence-corrected chi connectivity index (χ1v) is 8.15. The van der Waals surface area contributed by atoms with Crippen LogP contribution < -0.4 is 0 Å². The topological polar surface area (TPSA) is 46.8 Å². The second kappa shape index (κ2) is 6.57. The molecule has 1 aliphatic heterocycles. The molecule has 5 heteroatoms. The molecular weight excluding hydrogens is 274 g/mol. The van der Waals surface area contributed by atoms with Crippen LogP contribution in [0.1, 0.15) is 32.4 Å². The molecule has 3 rings (SSSR count). The summed E-state index contributed by atoms with van der Waals surface area (Å²) >= 11 is 0. The Hall–Kier alpha value is -1.75. The van der Waals surface area contributed by atoms with E-state index in [4.69, 9.17) is 4.98 Å². The number of imidazole rings is 1. The van der Waals surface area contributed by atoms with Crippen molar-refractivity contribution < 1.29 is 0 Å². The number of rotatable bonds is 4. The van der Waals surface area contributed by atoms with Crippen molar-refractivity contribution in [1.29, 1.82) is 0 Å². The van der Waals surface area contributed by atoms with Crippen LogP contribution in [-0.4, -0.2) is 43.6 Å². The summed E-state index contributed by atoms with van der Waals surface area (Å²) in [6.07, 6.45) is 11.0. The van der Waals surface area contributed by atoms with Crippen LogP contribution in [0.25, 0.3) is 11.4 Å². The molecule has 0 N–H and O–H groups in total. The van der Waals surface area contributed by atoms with E-state index in [0.717, 1.165) is 23.5 Å². The quantitative estimate of drug-likeness (QED) is 0.870. The predicted octanol–water partition coefficient (Wildman–Crippen LogP) is 2.54. The molecule has 0 bridgehead atoms. The first-order chi connectivity index (χ1) is 10.6. The highest BCUT2D eigenvalue weighted by Gasteiger charge is 2.22. The van der Waals surface area contributed by atoms with Crippen LogP contribution in [0.5, 0.6) is 0 Å². The van der Waals surface area contributed by atoms with E-state index < -0.39 is 0 Å². The summed E-state index contributed by atoms with van der Waals surface area (Å²) in [6, 6.07) is 0.634. The molecule has 0 aliphatic carbocycles. The molecule has 22 heavy (non-hydrogen) atoms. The molecular formula is C17H25N5. The molecule has 1 atom stereocenters. The van der Waals surface area contributed by atoms with Crippen molar-refractivity contribution in [2.45, 2.75) is 39.2 Å². The lowest BCUT2D eigenvalue weighted by Gasteiger charge is -2.35. The molecule has 118 valence electrons. The number of aryl methyl sites for hydroxylation is 1. The summed E-state index contributed by atoms with van der Waals surface area (Å²) in [5.74, 6) is 0.687. The number of hydrogen-bond donors (Lipinski definition) is 0. The van der Waals surface area contributed by atoms with E-state index in [1.165, 1.54) is 25.9 Å². The summed E-state index contributed by atoms with van der Waals surface area (Å²) in [4.78, 5) is 15.9. The number of hydrogen-bond acceptors (Lipinski definition) is 4. The highest BCUT2D eigenvalue weighted by Crippen LogP contribution is 2.22. The van der Waals surface area contributed by atoms with Gasteiger partial charge in [0, 0.05) is 25.8 Å². The van der Waals surface area contributed by atoms with Crippen molar-refractivity contribution in [1.82, 2.24) is 24.4 Å². The number of piperidine rings is 1. The van der Waals surface area contributed by atoms with Crippen LogP contribution in [-0.2, 0) is 13.5 Å². The third-order valence-electron chi connectivity index (χ3n) is 4.54. The van der Waals surface area contributed by atoms with E-state index >= 15 is 0 Å². The molecule has 0 aromatic carbocycles. The second-order valence-corrected chi connectivity index (χ2v) is 6.59. The van der Waals surface area contributed by atoms with Gasteiger partial charge in [-0.15, -0.1) is 0 Å². The summed E-state index contributed by atoms with van der Waals surface area (Å²) in [7, 11) is 1.98. The first-order valence-electron chi connectivity index (χ1n) is 8.15. The van der Waals surface area contributed by atoms with Crippen molar-refractivity contribution in [2.75, 3.05) is 13.1 Å². The number of aromatic nitrogens is 4. The molecule has 1 fully saturated rings. The molecule has 2 aromatic heterocycles. The van der Waals surface area contributed by atoms with Crippen molar-refractivity contribution in [3.8, 4) is 11.4 Å². The fourth-order valence-corrected chi connectivity index (χ4v) is 3.26. The molecule has 0 saturated carbocycles. The maximum Gasteiger partial charge on any atom is 0.107 e. The highest BCUT2D eigenvalue weighted by atomic mass is 15.2. The van der Waals surface area contributed by atoms with Gasteiger partial charge in [0.25, 0.3) is 0 Å². The van der Waals surface area contributed by atoms with E-state index in [9.17, 15) is 0 Å². The summed E-state index contributed by atoms with van der Waals surface area (Å²) in [6.45, 7) is 6.97. The average Bonchev–Trinajstić information content (AvgIpc) is 2.94. The van der Waals surface area contributed by atoms with Gasteiger partial charge in [0.05, 0.1) is 30.1 Å². The van der Waals surface area contributed by atoms with Gasteiger partial charge in [0.15, 0.2) is 0 Å². The number of nitrogens with zero attached hydrogens (tertiary/aromatic N) is 5. The lowest BCUT2D eigenvalue weighted by molar-refractivity contribution is 0.139. The Kier molecular flexibility index (Phi) is 4.52. The Morgan fingerprint density at radius 3 is 2.82 bits per heavy atom. The minimum absolute atomic E-state index is 0.634. The summed E-state index contributed by atoms with van der Waals surface area (Å²) in [5.41, 5.74) is 3.02. The van der Waals surface area contributed by atoms with Gasteiger partial charge in [-0.05, 0) is 45.6 Å². The minimum atomic E-state index is 0.634. The Labute approximate surface area is 132 Å². The van der Waals surface area contributed by atoms with Gasteiger partial charge in [0.2, 0.25) is 0 Å². The molecule has 3 heterocycles. The smallest absolute Gasteiger partial charge is 0.107 e. The van der Waals surface area contributed by atoms with E-state index in [-0.39, 0.29) is 0 Å². The van der Waals surface area contributed by atoms with Gasteiger partial charge < -0.3 is 9.47 Å². The summed E-state index contributed by atoms with van der Waals surface area (Å²) in [5, 5.41) is 0. The first kappa shape index (κ1) is 15.2. The van der Waals surface area contributed by atoms with Crippen molar-refractivity contribution in [3.63, 3.8) is 0 Å². The van der Waals surface area contributed by atoms with E-state index in [1.54, 1.807) is 6.33 Å². The van der Waals surface area contributed by atoms with Gasteiger partial charge in [0.1, 0.15) is 5.69 Å². The van der Waals surface area contributed by atoms with Crippen molar-refractivity contribution in [2.24, 2.45) is 13.0 Å². The molecule has 2 aromatic rings. The molecule has 0 unspecified atom stereocenters. The maximum absolute atomic E-state index is 4.80. The largest absolute Gasteiger partial charge is 0.332 e. The lowest BCUT2D eigenvalue weighted by Crippen LogP contribution is -2.40. The van der Waals surface area contributed by atoms with E-state index in [0.29, 0.717) is 12.0 Å². The van der Waals surface area contributed by atoms with Crippen LogP contribution in [0, 0.1) is 5.92 Å². The molecule has 0 amide bonds. The molecule has 5 nitrogen and oxygen atoms in total. The average molecular weight is 299 g/mol. The van der Waals surface area contributed by atoms with Gasteiger partial charge >= 0.3 is 0 Å². The zero-order chi connectivity index (χ0) is 15.5. The van der Waals surface area contributed by atoms with Crippen molar-refractivity contribution in [3.05, 3.63) is 30.6 Å². The van der Waals surface area contributed by atoms with E-state index in [2.05, 4.69) is 28.7 Å². The maximum atomic E-state index is 4.80. The van der Waals surface area contributed by atoms with Crippen LogP contribution in [0.3, 0.4) is 0 Å². The third-order valence-corrected chi connectivity index (χ3v) is 4.54. The van der Waals surface area contributed by atoms with Gasteiger partial charge in [-0.3, -0.25) is 4.98 Å². The standard InChI is InChI=1S/C17H25N5/c1-13(2)22-6-4-5-14(11-22)7-15-8-18-9-16(20-15)17-10-19-12-21(17)3/h8-10,12-14H,4-7,11H2,1-3H3/t14-/m0/s1. The Morgan fingerprint density at radius 1 is 1.23 bits per heavy atom. The highest BCUT2D eigenvalue weighted by molar-refractivity contribution is 5.52. The van der Waals surface area contributed by atoms with Gasteiger partial charge in [-0.25, -0.2) is 9.97 Å². The summed E-state index contributed by atoms with van der Waals surface area (Å²) < 4.78 is 1.98. The molecule has 1 saturated heterocycles. The predicted molar refractivity (Wildman–Crippen MR) is 87.4 cm³/mol. The van der Waals surface area contributed by atoms with Gasteiger partial charge in [-0.1, -0.05) is 0 Å². The van der Waals surface area contributed by atoms with Crippen LogP contribution >= 0.6 is 0 Å². The fourth-order valence-electron chi connectivity index (χ4n) is 3.26. The van der Waals surface area contributed by atoms with Crippen LogP contribution in [0.2, 0.25) is 0 Å². The number of likely N-dealkylation sites (tertiary alicyclic amines) is 1. The molecule has 1 aliphatic rings. The monoisotopic (exact) mass is 299 g/mol. The Morgan fingerprint density at radius 2 is 2.09 bits per heavy atom. The second-order valence-electron chi connectivity index (χ2n) is 6.59. The van der Waals surface area contributed by atoms with E-state index in [1.807, 2.05) is 30.2 Å². The zero-order valence-corrected chi connectivity index (χ0v) is 13.7. The van der Waals surface area contributed by atoms with Crippen LogP contribution in [0.4, 0.5) is 0 Å². The normalized spacial score (nSPS) is 19.7. The van der Waals surface area contributed by atoms with Crippen LogP contribution in [0.15, 0.2) is 24.9 Å². The Balaban J connectivity index is 1.72. The zero-order valence-electron chi connectivity index (χ0n) is 13.7. The SMILES string of the molecule is CC(C)N1CCC[C@@H](Cc2cncc(-c3cncn3C)n2)C1. The van der Waals surface area contributed by atoms with Crippen molar-refractivity contribution >= 4 is 0 Å². The lowest BCUT2D eigenvalue weighted by atomic mass is 9.93.